The number of hydrogen-bond donors (Lipinski definition) is 1. The molecule has 0 bridgehead atoms. The molecule has 1 saturated heterocycles. The van der Waals surface area contributed by atoms with Crippen molar-refractivity contribution in [3.63, 3.8) is 0 Å². The van der Waals surface area contributed by atoms with Gasteiger partial charge in [-0.15, -0.1) is 0 Å². The molecule has 0 spiro atoms. The zero-order valence-corrected chi connectivity index (χ0v) is 12.1. The van der Waals surface area contributed by atoms with E-state index < -0.39 is 0 Å². The molecule has 0 radical (unpaired) electrons. The van der Waals surface area contributed by atoms with Crippen LogP contribution in [0.1, 0.15) is 25.5 Å². The molecule has 1 fully saturated rings. The summed E-state index contributed by atoms with van der Waals surface area (Å²) in [6.45, 7) is 3.33. The molecule has 1 atom stereocenters. The van der Waals surface area contributed by atoms with Gasteiger partial charge in [-0.05, 0) is 31.2 Å². The van der Waals surface area contributed by atoms with E-state index >= 15 is 0 Å². The highest BCUT2D eigenvalue weighted by molar-refractivity contribution is 5.73. The van der Waals surface area contributed by atoms with Crippen LogP contribution in [-0.2, 0) is 11.2 Å². The van der Waals surface area contributed by atoms with Gasteiger partial charge in [0.2, 0.25) is 5.91 Å². The number of H-pyrrole nitrogens is 1. The summed E-state index contributed by atoms with van der Waals surface area (Å²) in [6.07, 6.45) is 8.16. The third-order valence-corrected chi connectivity index (χ3v) is 3.98. The summed E-state index contributed by atoms with van der Waals surface area (Å²) >= 11 is 0. The second kappa shape index (κ2) is 6.03. The lowest BCUT2D eigenvalue weighted by molar-refractivity contribution is -0.130. The van der Waals surface area contributed by atoms with E-state index in [0.717, 1.165) is 49.4 Å². The number of likely N-dealkylation sites (tertiary alicyclic amines) is 1. The van der Waals surface area contributed by atoms with Crippen LogP contribution in [0.5, 0.6) is 0 Å². The fourth-order valence-corrected chi connectivity index (χ4v) is 2.92. The van der Waals surface area contributed by atoms with Crippen molar-refractivity contribution >= 4 is 5.91 Å². The van der Waals surface area contributed by atoms with Crippen molar-refractivity contribution in [2.45, 2.75) is 26.2 Å². The number of piperidine rings is 1. The van der Waals surface area contributed by atoms with Gasteiger partial charge in [0.25, 0.3) is 0 Å². The first-order chi connectivity index (χ1) is 10.2. The topological polar surface area (TPSA) is 74.8 Å². The van der Waals surface area contributed by atoms with Crippen LogP contribution < -0.4 is 0 Å². The third-order valence-electron chi connectivity index (χ3n) is 3.98. The maximum atomic E-state index is 11.5. The Bertz CT molecular complexity index is 610. The van der Waals surface area contributed by atoms with Gasteiger partial charge in [0.1, 0.15) is 5.69 Å². The summed E-state index contributed by atoms with van der Waals surface area (Å²) < 4.78 is 0. The van der Waals surface area contributed by atoms with Crippen LogP contribution in [0.25, 0.3) is 11.4 Å². The minimum Gasteiger partial charge on any atom is -0.343 e. The molecule has 1 aliphatic rings. The monoisotopic (exact) mass is 285 g/mol. The highest BCUT2D eigenvalue weighted by Crippen LogP contribution is 2.24. The van der Waals surface area contributed by atoms with Gasteiger partial charge < -0.3 is 4.90 Å². The lowest BCUT2D eigenvalue weighted by Crippen LogP contribution is -2.39. The molecule has 1 N–H and O–H groups in total. The number of nitrogens with one attached hydrogen (secondary N) is 1. The van der Waals surface area contributed by atoms with Crippen molar-refractivity contribution in [2.24, 2.45) is 5.92 Å². The van der Waals surface area contributed by atoms with Gasteiger partial charge >= 0.3 is 0 Å². The number of aromatic amines is 1. The van der Waals surface area contributed by atoms with Crippen molar-refractivity contribution in [2.75, 3.05) is 13.1 Å². The molecule has 1 amide bonds. The molecule has 3 heterocycles. The van der Waals surface area contributed by atoms with Crippen molar-refractivity contribution in [1.29, 1.82) is 0 Å². The molecule has 6 nitrogen and oxygen atoms in total. The van der Waals surface area contributed by atoms with Gasteiger partial charge in [-0.1, -0.05) is 0 Å². The molecule has 6 heteroatoms. The summed E-state index contributed by atoms with van der Waals surface area (Å²) in [4.78, 5) is 22.4. The van der Waals surface area contributed by atoms with Crippen LogP contribution in [0.3, 0.4) is 0 Å². The minimum absolute atomic E-state index is 0.160. The normalized spacial score (nSPS) is 18.7. The lowest BCUT2D eigenvalue weighted by Gasteiger charge is -2.32. The highest BCUT2D eigenvalue weighted by atomic mass is 16.2. The number of aromatic nitrogens is 4. The van der Waals surface area contributed by atoms with Gasteiger partial charge in [-0.2, -0.15) is 5.10 Å². The summed E-state index contributed by atoms with van der Waals surface area (Å²) in [5.41, 5.74) is 2.71. The quantitative estimate of drug-likeness (QED) is 0.930. The Labute approximate surface area is 123 Å². The van der Waals surface area contributed by atoms with E-state index in [0.29, 0.717) is 5.92 Å². The van der Waals surface area contributed by atoms with Crippen LogP contribution in [0, 0.1) is 5.92 Å². The number of amides is 1. The summed E-state index contributed by atoms with van der Waals surface area (Å²) in [5.74, 6) is 0.605. The van der Waals surface area contributed by atoms with Crippen LogP contribution >= 0.6 is 0 Å². The molecule has 2 aromatic rings. The SMILES string of the molecule is CC(=O)N1CCC[C@@H](Cc2nccnc2-c2ccn[nH]2)C1. The predicted octanol–water partition coefficient (Wildman–Crippen LogP) is 1.67. The smallest absolute Gasteiger partial charge is 0.219 e. The predicted molar refractivity (Wildman–Crippen MR) is 78.3 cm³/mol. The first-order valence-corrected chi connectivity index (χ1v) is 7.29. The van der Waals surface area contributed by atoms with Crippen molar-refractivity contribution < 1.29 is 4.79 Å². The number of nitrogens with zero attached hydrogens (tertiary/aromatic N) is 4. The zero-order valence-electron chi connectivity index (χ0n) is 12.1. The average Bonchev–Trinajstić information content (AvgIpc) is 3.02. The van der Waals surface area contributed by atoms with E-state index in [1.807, 2.05) is 11.0 Å². The van der Waals surface area contributed by atoms with E-state index in [1.54, 1.807) is 25.5 Å². The van der Waals surface area contributed by atoms with Gasteiger partial charge in [-0.25, -0.2) is 0 Å². The van der Waals surface area contributed by atoms with Crippen LogP contribution in [-0.4, -0.2) is 44.1 Å². The Balaban J connectivity index is 1.77. The Kier molecular flexibility index (Phi) is 3.94. The first kappa shape index (κ1) is 13.7. The largest absolute Gasteiger partial charge is 0.343 e. The highest BCUT2D eigenvalue weighted by Gasteiger charge is 2.23. The van der Waals surface area contributed by atoms with E-state index in [2.05, 4.69) is 20.2 Å². The van der Waals surface area contributed by atoms with Crippen molar-refractivity contribution in [1.82, 2.24) is 25.1 Å². The summed E-state index contributed by atoms with van der Waals surface area (Å²) in [7, 11) is 0. The maximum Gasteiger partial charge on any atom is 0.219 e. The Morgan fingerprint density at radius 3 is 3.00 bits per heavy atom. The fraction of sp³-hybridized carbons (Fsp3) is 0.467. The zero-order chi connectivity index (χ0) is 14.7. The molecule has 0 aliphatic carbocycles. The molecule has 0 aromatic carbocycles. The maximum absolute atomic E-state index is 11.5. The van der Waals surface area contributed by atoms with E-state index in [1.165, 1.54) is 0 Å². The fourth-order valence-electron chi connectivity index (χ4n) is 2.92. The summed E-state index contributed by atoms with van der Waals surface area (Å²) in [5, 5.41) is 6.92. The van der Waals surface area contributed by atoms with E-state index in [-0.39, 0.29) is 5.91 Å². The second-order valence-electron chi connectivity index (χ2n) is 5.50. The van der Waals surface area contributed by atoms with Crippen LogP contribution in [0.2, 0.25) is 0 Å². The second-order valence-corrected chi connectivity index (χ2v) is 5.50. The molecule has 2 aromatic heterocycles. The molecular weight excluding hydrogens is 266 g/mol. The van der Waals surface area contributed by atoms with Gasteiger partial charge in [0.15, 0.2) is 0 Å². The number of hydrogen-bond acceptors (Lipinski definition) is 4. The van der Waals surface area contributed by atoms with E-state index in [4.69, 9.17) is 0 Å². The molecule has 21 heavy (non-hydrogen) atoms. The molecule has 1 aliphatic heterocycles. The van der Waals surface area contributed by atoms with Crippen LogP contribution in [0.4, 0.5) is 0 Å². The third kappa shape index (κ3) is 3.09. The van der Waals surface area contributed by atoms with Gasteiger partial charge in [0.05, 0.1) is 11.4 Å². The Morgan fingerprint density at radius 2 is 2.24 bits per heavy atom. The number of carbonyl (C=O) groups is 1. The molecule has 0 unspecified atom stereocenters. The number of rotatable bonds is 3. The first-order valence-electron chi connectivity index (χ1n) is 7.29. The van der Waals surface area contributed by atoms with E-state index in [9.17, 15) is 4.79 Å². The molecule has 3 rings (SSSR count). The standard InChI is InChI=1S/C15H19N5O/c1-11(21)20-8-2-3-12(10-20)9-14-15(17-7-6-16-14)13-4-5-18-19-13/h4-7,12H,2-3,8-10H2,1H3,(H,18,19)/t12-/m0/s1. The van der Waals surface area contributed by atoms with Crippen LogP contribution in [0.15, 0.2) is 24.7 Å². The van der Waals surface area contributed by atoms with Crippen molar-refractivity contribution in [3.05, 3.63) is 30.4 Å². The average molecular weight is 285 g/mol. The Morgan fingerprint density at radius 1 is 1.38 bits per heavy atom. The van der Waals surface area contributed by atoms with Crippen molar-refractivity contribution in [3.8, 4) is 11.4 Å². The molecular formula is C15H19N5O. The summed E-state index contributed by atoms with van der Waals surface area (Å²) in [6, 6.07) is 1.90. The Hall–Kier alpha value is -2.24. The lowest BCUT2D eigenvalue weighted by atomic mass is 9.92. The molecule has 110 valence electrons. The molecule has 0 saturated carbocycles. The minimum atomic E-state index is 0.160. The van der Waals surface area contributed by atoms with Gasteiger partial charge in [0, 0.05) is 38.6 Å². The number of carbonyl (C=O) groups excluding carboxylic acids is 1. The van der Waals surface area contributed by atoms with Gasteiger partial charge in [-0.3, -0.25) is 19.9 Å².